The summed E-state index contributed by atoms with van der Waals surface area (Å²) in [4.78, 5) is 25.0. The van der Waals surface area contributed by atoms with Crippen LogP contribution < -0.4 is 5.32 Å². The molecule has 1 N–H and O–H groups in total. The molecule has 0 aromatic carbocycles. The van der Waals surface area contributed by atoms with Gasteiger partial charge in [0.15, 0.2) is 0 Å². The molecule has 4 nitrogen and oxygen atoms in total. The molecule has 4 heteroatoms. The predicted octanol–water partition coefficient (Wildman–Crippen LogP) is 0.669. The van der Waals surface area contributed by atoms with Crippen molar-refractivity contribution in [2.75, 3.05) is 6.54 Å². The fourth-order valence-electron chi connectivity index (χ4n) is 2.16. The van der Waals surface area contributed by atoms with Crippen molar-refractivity contribution in [2.45, 2.75) is 50.6 Å². The first kappa shape index (κ1) is 12.1. The Balaban J connectivity index is 1.73. The van der Waals surface area contributed by atoms with Gasteiger partial charge >= 0.3 is 0 Å². The van der Waals surface area contributed by atoms with Gasteiger partial charge in [-0.1, -0.05) is 0 Å². The Morgan fingerprint density at radius 3 is 2.76 bits per heavy atom. The molecular formula is C13H18N2O2. The van der Waals surface area contributed by atoms with Gasteiger partial charge in [0.25, 0.3) is 0 Å². The highest BCUT2D eigenvalue weighted by atomic mass is 16.2. The van der Waals surface area contributed by atoms with E-state index in [0.717, 1.165) is 38.6 Å². The van der Waals surface area contributed by atoms with Gasteiger partial charge in [0.2, 0.25) is 11.8 Å². The van der Waals surface area contributed by atoms with Gasteiger partial charge in [0.1, 0.15) is 0 Å². The number of terminal acetylenes is 1. The van der Waals surface area contributed by atoms with Gasteiger partial charge in [0, 0.05) is 12.5 Å². The number of rotatable bonds is 6. The molecule has 1 heterocycles. The number of carbonyl (C=O) groups excluding carboxylic acids is 2. The molecule has 0 spiro atoms. The summed E-state index contributed by atoms with van der Waals surface area (Å²) in [6.07, 6.45) is 10.1. The van der Waals surface area contributed by atoms with E-state index in [1.807, 2.05) is 0 Å². The van der Waals surface area contributed by atoms with Crippen LogP contribution in [-0.2, 0) is 9.59 Å². The highest BCUT2D eigenvalue weighted by Gasteiger charge is 2.45. The molecule has 0 aromatic rings. The van der Waals surface area contributed by atoms with Crippen LogP contribution >= 0.6 is 0 Å². The highest BCUT2D eigenvalue weighted by Crippen LogP contribution is 2.31. The summed E-state index contributed by atoms with van der Waals surface area (Å²) in [6, 6.07) is -0.0998. The summed E-state index contributed by atoms with van der Waals surface area (Å²) in [6.45, 7) is 0.754. The zero-order valence-electron chi connectivity index (χ0n) is 9.95. The molecule has 2 rings (SSSR count). The standard InChI is InChI=1S/C13H18N2O2/c1-2-3-4-5-8-14-11-9-12(16)15(13(11)17)10-6-7-10/h1,10-11,14H,3-9H2. The van der Waals surface area contributed by atoms with Crippen molar-refractivity contribution < 1.29 is 9.59 Å². The molecule has 1 atom stereocenters. The van der Waals surface area contributed by atoms with Crippen LogP contribution in [0.15, 0.2) is 0 Å². The van der Waals surface area contributed by atoms with Crippen LogP contribution in [0.2, 0.25) is 0 Å². The molecule has 0 bridgehead atoms. The molecular weight excluding hydrogens is 216 g/mol. The van der Waals surface area contributed by atoms with E-state index in [2.05, 4.69) is 11.2 Å². The smallest absolute Gasteiger partial charge is 0.247 e. The average Bonchev–Trinajstić information content (AvgIpc) is 3.08. The lowest BCUT2D eigenvalue weighted by Crippen LogP contribution is -2.40. The number of nitrogens with one attached hydrogen (secondary N) is 1. The van der Waals surface area contributed by atoms with Crippen LogP contribution in [0.3, 0.4) is 0 Å². The lowest BCUT2D eigenvalue weighted by Gasteiger charge is -2.14. The third-order valence-corrected chi connectivity index (χ3v) is 3.23. The van der Waals surface area contributed by atoms with Crippen LogP contribution in [0.4, 0.5) is 0 Å². The van der Waals surface area contributed by atoms with Crippen molar-refractivity contribution in [2.24, 2.45) is 0 Å². The molecule has 2 aliphatic rings. The summed E-state index contributed by atoms with van der Waals surface area (Å²) in [7, 11) is 0. The minimum absolute atomic E-state index is 0.0152. The van der Waals surface area contributed by atoms with Gasteiger partial charge in [-0.2, -0.15) is 0 Å². The van der Waals surface area contributed by atoms with Gasteiger partial charge in [-0.3, -0.25) is 14.5 Å². The minimum Gasteiger partial charge on any atom is -0.305 e. The lowest BCUT2D eigenvalue weighted by atomic mass is 10.2. The van der Waals surface area contributed by atoms with Gasteiger partial charge in [-0.05, 0) is 32.2 Å². The maximum atomic E-state index is 11.9. The normalized spacial score (nSPS) is 24.2. The topological polar surface area (TPSA) is 49.4 Å². The van der Waals surface area contributed by atoms with Crippen molar-refractivity contribution >= 4 is 11.8 Å². The molecule has 1 aliphatic heterocycles. The first-order valence-electron chi connectivity index (χ1n) is 6.27. The molecule has 2 amide bonds. The first-order valence-corrected chi connectivity index (χ1v) is 6.27. The van der Waals surface area contributed by atoms with E-state index < -0.39 is 0 Å². The van der Waals surface area contributed by atoms with Crippen molar-refractivity contribution in [3.05, 3.63) is 0 Å². The molecule has 0 aromatic heterocycles. The molecule has 2 fully saturated rings. The predicted molar refractivity (Wildman–Crippen MR) is 64.0 cm³/mol. The first-order chi connectivity index (χ1) is 8.24. The summed E-state index contributed by atoms with van der Waals surface area (Å²) < 4.78 is 0. The number of hydrogen-bond donors (Lipinski definition) is 1. The number of amides is 2. The Morgan fingerprint density at radius 1 is 1.35 bits per heavy atom. The Kier molecular flexibility index (Phi) is 3.80. The molecule has 0 radical (unpaired) electrons. The maximum absolute atomic E-state index is 11.9. The van der Waals surface area contributed by atoms with Crippen molar-refractivity contribution in [3.8, 4) is 12.3 Å². The number of hydrogen-bond acceptors (Lipinski definition) is 3. The fraction of sp³-hybridized carbons (Fsp3) is 0.692. The summed E-state index contributed by atoms with van der Waals surface area (Å²) in [5.74, 6) is 2.54. The monoisotopic (exact) mass is 234 g/mol. The maximum Gasteiger partial charge on any atom is 0.247 e. The number of unbranched alkanes of at least 4 members (excludes halogenated alkanes) is 2. The lowest BCUT2D eigenvalue weighted by molar-refractivity contribution is -0.139. The van der Waals surface area contributed by atoms with E-state index in [1.165, 1.54) is 4.90 Å². The van der Waals surface area contributed by atoms with Crippen molar-refractivity contribution in [1.82, 2.24) is 10.2 Å². The summed E-state index contributed by atoms with van der Waals surface area (Å²) in [5, 5.41) is 3.15. The zero-order chi connectivity index (χ0) is 12.3. The van der Waals surface area contributed by atoms with E-state index in [4.69, 9.17) is 6.42 Å². The number of likely N-dealkylation sites (tertiary alicyclic amines) is 1. The SMILES string of the molecule is C#CCCCCNC1CC(=O)N(C2CC2)C1=O. The van der Waals surface area contributed by atoms with Crippen LogP contribution in [0.1, 0.15) is 38.5 Å². The summed E-state index contributed by atoms with van der Waals surface area (Å²) >= 11 is 0. The third kappa shape index (κ3) is 2.86. The number of imide groups is 1. The second-order valence-electron chi connectivity index (χ2n) is 4.71. The fourth-order valence-corrected chi connectivity index (χ4v) is 2.16. The largest absolute Gasteiger partial charge is 0.305 e. The van der Waals surface area contributed by atoms with Crippen molar-refractivity contribution in [3.63, 3.8) is 0 Å². The molecule has 92 valence electrons. The molecule has 1 saturated carbocycles. The minimum atomic E-state index is -0.297. The van der Waals surface area contributed by atoms with Gasteiger partial charge in [-0.25, -0.2) is 0 Å². The molecule has 1 aliphatic carbocycles. The van der Waals surface area contributed by atoms with Gasteiger partial charge < -0.3 is 5.32 Å². The Bertz CT molecular complexity index is 355. The quantitative estimate of drug-likeness (QED) is 0.417. The Labute approximate surface area is 102 Å². The van der Waals surface area contributed by atoms with Gasteiger partial charge in [-0.15, -0.1) is 12.3 Å². The second kappa shape index (κ2) is 5.33. The van der Waals surface area contributed by atoms with Crippen LogP contribution in [0.5, 0.6) is 0 Å². The number of nitrogens with zero attached hydrogens (tertiary/aromatic N) is 1. The highest BCUT2D eigenvalue weighted by molar-refractivity contribution is 6.06. The zero-order valence-corrected chi connectivity index (χ0v) is 9.95. The van der Waals surface area contributed by atoms with Crippen LogP contribution in [0.25, 0.3) is 0 Å². The number of carbonyl (C=O) groups is 2. The van der Waals surface area contributed by atoms with Crippen LogP contribution in [0, 0.1) is 12.3 Å². The third-order valence-electron chi connectivity index (χ3n) is 3.23. The average molecular weight is 234 g/mol. The van der Waals surface area contributed by atoms with E-state index in [9.17, 15) is 9.59 Å². The van der Waals surface area contributed by atoms with E-state index in [-0.39, 0.29) is 23.9 Å². The molecule has 1 unspecified atom stereocenters. The second-order valence-corrected chi connectivity index (χ2v) is 4.71. The molecule has 1 saturated heterocycles. The van der Waals surface area contributed by atoms with E-state index >= 15 is 0 Å². The Morgan fingerprint density at radius 2 is 2.12 bits per heavy atom. The van der Waals surface area contributed by atoms with E-state index in [1.54, 1.807) is 0 Å². The van der Waals surface area contributed by atoms with E-state index in [0.29, 0.717) is 6.42 Å². The summed E-state index contributed by atoms with van der Waals surface area (Å²) in [5.41, 5.74) is 0. The van der Waals surface area contributed by atoms with Crippen molar-refractivity contribution in [1.29, 1.82) is 0 Å². The molecule has 17 heavy (non-hydrogen) atoms. The Hall–Kier alpha value is -1.34. The van der Waals surface area contributed by atoms with Crippen LogP contribution in [-0.4, -0.2) is 35.3 Å². The van der Waals surface area contributed by atoms with Gasteiger partial charge in [0.05, 0.1) is 12.5 Å².